The molecule has 0 aliphatic heterocycles. The molecule has 324 valence electrons. The van der Waals surface area contributed by atoms with Crippen molar-refractivity contribution in [1.29, 1.82) is 0 Å². The van der Waals surface area contributed by atoms with E-state index in [2.05, 4.69) is 124 Å². The first-order valence-corrected chi connectivity index (χ1v) is 21.6. The highest BCUT2D eigenvalue weighted by Crippen LogP contribution is 2.34. The molecular weight excluding hydrogens is 813 g/mol. The van der Waals surface area contributed by atoms with Gasteiger partial charge in [0.25, 0.3) is 0 Å². The van der Waals surface area contributed by atoms with Crippen LogP contribution in [0.25, 0.3) is 33.3 Å². The summed E-state index contributed by atoms with van der Waals surface area (Å²) in [4.78, 5) is 18.9. The van der Waals surface area contributed by atoms with E-state index in [1.54, 1.807) is 9.36 Å². The summed E-state index contributed by atoms with van der Waals surface area (Å²) >= 11 is 0. The predicted octanol–water partition coefficient (Wildman–Crippen LogP) is 7.57. The molecule has 0 saturated heterocycles. The number of pyridine rings is 2. The van der Waals surface area contributed by atoms with Gasteiger partial charge in [-0.15, -0.1) is 0 Å². The quantitative estimate of drug-likeness (QED) is 0.0626. The molecule has 10 rings (SSSR count). The Kier molecular flexibility index (Phi) is 11.6. The maximum Gasteiger partial charge on any atom is 0.222 e. The van der Waals surface area contributed by atoms with Crippen molar-refractivity contribution in [3.8, 4) is 22.3 Å². The number of hydrogen-bond acceptors (Lipinski definition) is 12. The molecule has 0 spiro atoms. The maximum atomic E-state index is 4.77. The lowest BCUT2D eigenvalue weighted by Crippen LogP contribution is -2.15. The Morgan fingerprint density at radius 3 is 1.62 bits per heavy atom. The van der Waals surface area contributed by atoms with Crippen molar-refractivity contribution in [2.75, 3.05) is 47.4 Å². The molecule has 16 nitrogen and oxygen atoms in total. The lowest BCUT2D eigenvalue weighted by molar-refractivity contribution is 0.768. The number of nitrogens with one attached hydrogen (secondary N) is 4. The average molecular weight is 861 g/mol. The van der Waals surface area contributed by atoms with Gasteiger partial charge >= 0.3 is 0 Å². The van der Waals surface area contributed by atoms with E-state index < -0.39 is 0 Å². The molecule has 0 fully saturated rings. The molecule has 4 N–H and O–H groups in total. The van der Waals surface area contributed by atoms with Crippen molar-refractivity contribution in [2.45, 2.75) is 18.8 Å². The third kappa shape index (κ3) is 9.22. The molecule has 65 heavy (non-hydrogen) atoms. The number of aromatic nitrogens is 12. The van der Waals surface area contributed by atoms with Crippen LogP contribution in [0.15, 0.2) is 153 Å². The smallest absolute Gasteiger partial charge is 0.222 e. The van der Waals surface area contributed by atoms with Crippen LogP contribution in [0.2, 0.25) is 0 Å². The van der Waals surface area contributed by atoms with Crippen LogP contribution in [0.1, 0.15) is 40.2 Å². The third-order valence-corrected chi connectivity index (χ3v) is 11.4. The van der Waals surface area contributed by atoms with Crippen molar-refractivity contribution in [2.24, 2.45) is 14.1 Å². The van der Waals surface area contributed by atoms with E-state index >= 15 is 0 Å². The highest BCUT2D eigenvalue weighted by Gasteiger charge is 2.21. The Morgan fingerprint density at radius 1 is 0.462 bits per heavy atom. The topological polar surface area (TPSA) is 170 Å². The first-order valence-electron chi connectivity index (χ1n) is 21.6. The lowest BCUT2D eigenvalue weighted by atomic mass is 9.83. The van der Waals surface area contributed by atoms with Gasteiger partial charge in [0.05, 0.1) is 47.2 Å². The molecule has 0 radical (unpaired) electrons. The van der Waals surface area contributed by atoms with Gasteiger partial charge in [-0.05, 0) is 40.8 Å². The third-order valence-electron chi connectivity index (χ3n) is 11.4. The summed E-state index contributed by atoms with van der Waals surface area (Å²) in [7, 11) is 3.83. The summed E-state index contributed by atoms with van der Waals surface area (Å²) in [6.45, 7) is 2.79. The second-order valence-corrected chi connectivity index (χ2v) is 16.0. The number of hydrogen-bond donors (Lipinski definition) is 4. The number of aryl methyl sites for hydroxylation is 2. The van der Waals surface area contributed by atoms with Crippen LogP contribution >= 0.6 is 0 Å². The fourth-order valence-corrected chi connectivity index (χ4v) is 8.12. The fraction of sp³-hybridized carbons (Fsp3) is 0.184. The molecule has 0 saturated carbocycles. The minimum Gasteiger partial charge on any atom is -0.382 e. The van der Waals surface area contributed by atoms with E-state index in [-0.39, 0.29) is 5.92 Å². The van der Waals surface area contributed by atoms with Gasteiger partial charge in [0.15, 0.2) is 0 Å². The lowest BCUT2D eigenvalue weighted by Gasteiger charge is -2.22. The van der Waals surface area contributed by atoms with Crippen LogP contribution < -0.4 is 21.3 Å². The molecule has 8 heterocycles. The first kappa shape index (κ1) is 40.7. The van der Waals surface area contributed by atoms with Gasteiger partial charge in [-0.1, -0.05) is 66.7 Å². The van der Waals surface area contributed by atoms with E-state index in [1.165, 1.54) is 16.7 Å². The molecular formula is C49H48N16. The molecule has 0 aliphatic carbocycles. The van der Waals surface area contributed by atoms with Crippen molar-refractivity contribution < 1.29 is 0 Å². The van der Waals surface area contributed by atoms with Crippen molar-refractivity contribution in [3.63, 3.8) is 0 Å². The standard InChI is InChI=1S/C49H48N16/c1-62-30-40(26-58-62)37-13-15-45-43(28-60-64(45)32-37)50-17-8-18-52-48-56-24-39(25-57-48)47(35-9-4-3-5-10-35)42-12-7-6-11-36(42)21-34-22-54-49(55-23-34)53-20-19-51-44-29-61-65-33-38(14-16-46(44)65)41-27-59-63(2)31-41/h3-7,9-16,22-33,47,50-51H,8,17-21H2,1-2H3,(H,52,56,57)(H,53,54,55). The molecule has 1 unspecified atom stereocenters. The minimum absolute atomic E-state index is 0.0670. The summed E-state index contributed by atoms with van der Waals surface area (Å²) in [5.41, 5.74) is 13.8. The van der Waals surface area contributed by atoms with Gasteiger partial charge < -0.3 is 21.3 Å². The molecule has 8 aromatic heterocycles. The largest absolute Gasteiger partial charge is 0.382 e. The van der Waals surface area contributed by atoms with Crippen LogP contribution in [0.3, 0.4) is 0 Å². The summed E-state index contributed by atoms with van der Waals surface area (Å²) < 4.78 is 7.38. The summed E-state index contributed by atoms with van der Waals surface area (Å²) in [5.74, 6) is 1.11. The van der Waals surface area contributed by atoms with Crippen LogP contribution in [0.4, 0.5) is 23.3 Å². The zero-order valence-corrected chi connectivity index (χ0v) is 36.1. The minimum atomic E-state index is -0.0670. The summed E-state index contributed by atoms with van der Waals surface area (Å²) in [6.07, 6.45) is 24.7. The van der Waals surface area contributed by atoms with E-state index in [0.717, 1.165) is 68.8 Å². The molecule has 2 aromatic carbocycles. The van der Waals surface area contributed by atoms with Crippen molar-refractivity contribution >= 4 is 34.3 Å². The molecule has 1 atom stereocenters. The zero-order chi connectivity index (χ0) is 44.0. The van der Waals surface area contributed by atoms with E-state index in [0.29, 0.717) is 38.0 Å². The van der Waals surface area contributed by atoms with Crippen LogP contribution in [-0.2, 0) is 20.5 Å². The predicted molar refractivity (Wildman–Crippen MR) is 254 cm³/mol. The highest BCUT2D eigenvalue weighted by molar-refractivity contribution is 5.75. The Hall–Kier alpha value is -8.40. The molecule has 16 heteroatoms. The van der Waals surface area contributed by atoms with Gasteiger partial charge in [0.2, 0.25) is 11.9 Å². The van der Waals surface area contributed by atoms with Crippen molar-refractivity contribution in [3.05, 3.63) is 181 Å². The van der Waals surface area contributed by atoms with E-state index in [9.17, 15) is 0 Å². The summed E-state index contributed by atoms with van der Waals surface area (Å²) in [5, 5.41) is 31.4. The number of anilines is 4. The number of nitrogens with zero attached hydrogens (tertiary/aromatic N) is 12. The van der Waals surface area contributed by atoms with Crippen LogP contribution in [0, 0.1) is 0 Å². The molecule has 0 amide bonds. The number of benzene rings is 2. The molecule has 0 bridgehead atoms. The van der Waals surface area contributed by atoms with Crippen LogP contribution in [-0.4, -0.2) is 84.9 Å². The Balaban J connectivity index is 0.736. The number of fused-ring (bicyclic) bond motifs is 2. The first-order chi connectivity index (χ1) is 32.0. The Labute approximate surface area is 375 Å². The molecule has 0 aliphatic rings. The van der Waals surface area contributed by atoms with Crippen molar-refractivity contribution in [1.82, 2.24) is 58.7 Å². The van der Waals surface area contributed by atoms with Gasteiger partial charge in [-0.25, -0.2) is 29.0 Å². The Bertz CT molecular complexity index is 3150. The fourth-order valence-electron chi connectivity index (χ4n) is 8.12. The second kappa shape index (κ2) is 18.5. The maximum absolute atomic E-state index is 4.77. The van der Waals surface area contributed by atoms with E-state index in [4.69, 9.17) is 9.97 Å². The highest BCUT2D eigenvalue weighted by atomic mass is 15.3. The SMILES string of the molecule is Cn1cc(-c2ccc3c(NCCCNc4ncc(C(c5ccccc5)c5ccccc5Cc5cnc(NCCNc6cnn7cc(-c8cnn(C)c8)ccc67)nc5)cn4)cnn3c2)cn1. The molecule has 10 aromatic rings. The second-order valence-electron chi connectivity index (χ2n) is 16.0. The Morgan fingerprint density at radius 2 is 1.00 bits per heavy atom. The normalized spacial score (nSPS) is 11.8. The van der Waals surface area contributed by atoms with Gasteiger partial charge in [-0.2, -0.15) is 20.4 Å². The van der Waals surface area contributed by atoms with Crippen LogP contribution in [0.5, 0.6) is 0 Å². The average Bonchev–Trinajstić information content (AvgIpc) is 4.17. The zero-order valence-electron chi connectivity index (χ0n) is 36.1. The van der Waals surface area contributed by atoms with Gasteiger partial charge in [-0.3, -0.25) is 9.36 Å². The summed E-state index contributed by atoms with van der Waals surface area (Å²) in [6, 6.07) is 27.4. The van der Waals surface area contributed by atoms with E-state index in [1.807, 2.05) is 104 Å². The monoisotopic (exact) mass is 860 g/mol. The number of rotatable bonds is 18. The van der Waals surface area contributed by atoms with Gasteiger partial charge in [0, 0.05) is 130 Å². The van der Waals surface area contributed by atoms with Gasteiger partial charge in [0.1, 0.15) is 0 Å².